The Morgan fingerprint density at radius 1 is 1.36 bits per heavy atom. The molecule has 9 nitrogen and oxygen atoms in total. The highest BCUT2D eigenvalue weighted by Crippen LogP contribution is 2.38. The molecule has 22 heavy (non-hydrogen) atoms. The summed E-state index contributed by atoms with van der Waals surface area (Å²) >= 11 is 4.54. The number of phosphoric ester groups is 1. The summed E-state index contributed by atoms with van der Waals surface area (Å²) in [5.41, 5.74) is -1.22. The Morgan fingerprint density at radius 3 is 2.45 bits per heavy atom. The van der Waals surface area contributed by atoms with Crippen molar-refractivity contribution in [1.29, 1.82) is 0 Å². The van der Waals surface area contributed by atoms with Gasteiger partial charge in [-0.1, -0.05) is 26.1 Å². The molecule has 0 aliphatic carbocycles. The lowest BCUT2D eigenvalue weighted by atomic mass is 9.87. The molecular formula is C11H21N2O7PS. The first-order chi connectivity index (χ1) is 9.99. The molecule has 0 bridgehead atoms. The second kappa shape index (κ2) is 9.29. The van der Waals surface area contributed by atoms with Crippen LogP contribution in [0.25, 0.3) is 0 Å². The van der Waals surface area contributed by atoms with E-state index in [1.807, 2.05) is 0 Å². The Hall–Kier alpha value is -0.900. The first-order valence-electron chi connectivity index (χ1n) is 6.36. The minimum Gasteiger partial charge on any atom is -0.383 e. The monoisotopic (exact) mass is 356 g/mol. The third-order valence-electron chi connectivity index (χ3n) is 2.63. The Kier molecular flexibility index (Phi) is 8.91. The molecule has 0 rings (SSSR count). The molecule has 11 heteroatoms. The number of phosphoric acid groups is 1. The van der Waals surface area contributed by atoms with Crippen LogP contribution in [0.1, 0.15) is 20.3 Å². The molecule has 0 fully saturated rings. The zero-order valence-electron chi connectivity index (χ0n) is 12.3. The number of aliphatic hydroxyl groups excluding tert-OH is 1. The average molecular weight is 356 g/mol. The van der Waals surface area contributed by atoms with Gasteiger partial charge < -0.3 is 25.5 Å². The van der Waals surface area contributed by atoms with Crippen LogP contribution < -0.4 is 10.6 Å². The van der Waals surface area contributed by atoms with Crippen LogP contribution in [0, 0.1) is 5.41 Å². The van der Waals surface area contributed by atoms with Crippen molar-refractivity contribution in [3.8, 4) is 0 Å². The number of carbonyl (C=O) groups is 2. The zero-order valence-corrected chi connectivity index (χ0v) is 14.0. The maximum atomic E-state index is 11.7. The summed E-state index contributed by atoms with van der Waals surface area (Å²) in [6.07, 6.45) is -1.54. The number of hydrogen-bond donors (Lipinski definition) is 5. The summed E-state index contributed by atoms with van der Waals surface area (Å²) < 4.78 is 14.9. The Morgan fingerprint density at radius 2 is 1.95 bits per heavy atom. The SMILES string of the molecule is CC(C)(COP(=O)(O)O)[C@@H](O)C(=O)NCCC(=O)NCC=S. The third kappa shape index (κ3) is 9.19. The molecule has 0 aromatic heterocycles. The van der Waals surface area contributed by atoms with Gasteiger partial charge in [-0.25, -0.2) is 4.57 Å². The van der Waals surface area contributed by atoms with Crippen molar-refractivity contribution in [1.82, 2.24) is 10.6 Å². The van der Waals surface area contributed by atoms with E-state index in [0.717, 1.165) is 0 Å². The molecule has 1 atom stereocenters. The van der Waals surface area contributed by atoms with Gasteiger partial charge in [-0.2, -0.15) is 0 Å². The van der Waals surface area contributed by atoms with Gasteiger partial charge in [0.2, 0.25) is 11.8 Å². The van der Waals surface area contributed by atoms with Gasteiger partial charge in [-0.15, -0.1) is 0 Å². The lowest BCUT2D eigenvalue weighted by Crippen LogP contribution is -2.46. The first kappa shape index (κ1) is 21.1. The van der Waals surface area contributed by atoms with E-state index in [1.54, 1.807) is 0 Å². The van der Waals surface area contributed by atoms with Crippen molar-refractivity contribution in [2.75, 3.05) is 19.7 Å². The molecule has 0 spiro atoms. The summed E-state index contributed by atoms with van der Waals surface area (Å²) in [6.45, 7) is 2.57. The smallest absolute Gasteiger partial charge is 0.383 e. The standard InChI is InChI=1S/C11H21N2O7PS/c1-11(2,7-20-21(17,18)19)9(15)10(16)13-4-3-8(14)12-5-6-22/h6,9,15H,3-5,7H2,1-2H3,(H,12,14)(H,13,16)(H2,17,18,19)/t9-/m0/s1. The van der Waals surface area contributed by atoms with Crippen LogP contribution in [0.4, 0.5) is 0 Å². The number of amides is 2. The summed E-state index contributed by atoms with van der Waals surface area (Å²) in [5, 5.41) is 16.1. The van der Waals surface area contributed by atoms with Crippen molar-refractivity contribution >= 4 is 37.2 Å². The van der Waals surface area contributed by atoms with Gasteiger partial charge in [-0.3, -0.25) is 14.1 Å². The van der Waals surface area contributed by atoms with E-state index >= 15 is 0 Å². The van der Waals surface area contributed by atoms with Crippen LogP contribution >= 0.6 is 20.0 Å². The molecule has 0 aliphatic heterocycles. The van der Waals surface area contributed by atoms with Crippen LogP contribution in [0.15, 0.2) is 0 Å². The van der Waals surface area contributed by atoms with E-state index in [-0.39, 0.29) is 25.4 Å². The van der Waals surface area contributed by atoms with Crippen molar-refractivity contribution in [2.24, 2.45) is 5.41 Å². The summed E-state index contributed by atoms with van der Waals surface area (Å²) in [6, 6.07) is 0. The van der Waals surface area contributed by atoms with Crippen molar-refractivity contribution in [3.05, 3.63) is 0 Å². The molecule has 0 heterocycles. The number of rotatable bonds is 10. The zero-order chi connectivity index (χ0) is 17.4. The minimum atomic E-state index is -4.68. The molecule has 0 saturated heterocycles. The largest absolute Gasteiger partial charge is 0.469 e. The highest BCUT2D eigenvalue weighted by Gasteiger charge is 2.35. The number of hydrogen-bond acceptors (Lipinski definition) is 6. The van der Waals surface area contributed by atoms with Gasteiger partial charge in [0.05, 0.1) is 6.61 Å². The highest BCUT2D eigenvalue weighted by atomic mass is 32.1. The van der Waals surface area contributed by atoms with Crippen LogP contribution in [-0.2, 0) is 18.7 Å². The predicted octanol–water partition coefficient (Wildman–Crippen LogP) is -0.895. The Balaban J connectivity index is 4.26. The predicted molar refractivity (Wildman–Crippen MR) is 82.1 cm³/mol. The van der Waals surface area contributed by atoms with E-state index in [9.17, 15) is 19.3 Å². The van der Waals surface area contributed by atoms with Crippen molar-refractivity contribution in [3.63, 3.8) is 0 Å². The van der Waals surface area contributed by atoms with Crippen LogP contribution in [-0.4, -0.2) is 57.9 Å². The highest BCUT2D eigenvalue weighted by molar-refractivity contribution is 7.79. The Labute approximate surface area is 133 Å². The topological polar surface area (TPSA) is 145 Å². The average Bonchev–Trinajstić information content (AvgIpc) is 2.41. The fourth-order valence-electron chi connectivity index (χ4n) is 1.32. The number of carbonyl (C=O) groups excluding carboxylic acids is 2. The maximum absolute atomic E-state index is 11.7. The lowest BCUT2D eigenvalue weighted by molar-refractivity contribution is -0.137. The van der Waals surface area contributed by atoms with Gasteiger partial charge in [0.15, 0.2) is 0 Å². The second-order valence-corrected chi connectivity index (χ2v) is 6.74. The van der Waals surface area contributed by atoms with Crippen LogP contribution in [0.2, 0.25) is 0 Å². The summed E-state index contributed by atoms with van der Waals surface area (Å²) in [7, 11) is -4.68. The molecule has 128 valence electrons. The quantitative estimate of drug-likeness (QED) is 0.250. The normalized spacial score (nSPS) is 13.3. The lowest BCUT2D eigenvalue weighted by Gasteiger charge is -2.29. The summed E-state index contributed by atoms with van der Waals surface area (Å²) in [5.74, 6) is -1.07. The first-order valence-corrected chi connectivity index (χ1v) is 8.36. The van der Waals surface area contributed by atoms with Crippen LogP contribution in [0.3, 0.4) is 0 Å². The van der Waals surface area contributed by atoms with E-state index < -0.39 is 31.9 Å². The molecule has 0 aromatic carbocycles. The second-order valence-electron chi connectivity index (χ2n) is 5.17. The van der Waals surface area contributed by atoms with Crippen molar-refractivity contribution < 1.29 is 33.6 Å². The molecule has 5 N–H and O–H groups in total. The molecule has 0 aliphatic rings. The minimum absolute atomic E-state index is 0.00852. The van der Waals surface area contributed by atoms with E-state index in [2.05, 4.69) is 27.4 Å². The van der Waals surface area contributed by atoms with Crippen molar-refractivity contribution in [2.45, 2.75) is 26.4 Å². The molecule has 0 radical (unpaired) electrons. The molecule has 0 saturated carbocycles. The van der Waals surface area contributed by atoms with Gasteiger partial charge >= 0.3 is 7.82 Å². The van der Waals surface area contributed by atoms with E-state index in [0.29, 0.717) is 0 Å². The van der Waals surface area contributed by atoms with E-state index in [4.69, 9.17) is 9.79 Å². The van der Waals surface area contributed by atoms with Gasteiger partial charge in [0.25, 0.3) is 0 Å². The molecule has 0 unspecified atom stereocenters. The van der Waals surface area contributed by atoms with Gasteiger partial charge in [0.1, 0.15) is 6.10 Å². The number of aliphatic hydroxyl groups is 1. The van der Waals surface area contributed by atoms with Gasteiger partial charge in [0, 0.05) is 24.9 Å². The third-order valence-corrected chi connectivity index (χ3v) is 3.26. The fraction of sp³-hybridized carbons (Fsp3) is 0.727. The fourth-order valence-corrected chi connectivity index (χ4v) is 1.91. The van der Waals surface area contributed by atoms with Crippen LogP contribution in [0.5, 0.6) is 0 Å². The van der Waals surface area contributed by atoms with E-state index in [1.165, 1.54) is 19.2 Å². The summed E-state index contributed by atoms with van der Waals surface area (Å²) in [4.78, 5) is 40.3. The molecular weight excluding hydrogens is 335 g/mol. The Bertz CT molecular complexity index is 452. The number of nitrogens with one attached hydrogen (secondary N) is 2. The molecule has 0 aromatic rings. The molecule has 2 amide bonds. The maximum Gasteiger partial charge on any atom is 0.469 e. The number of thiocarbonyl (C=S) groups is 1. The van der Waals surface area contributed by atoms with Gasteiger partial charge in [-0.05, 0) is 5.37 Å².